The van der Waals surface area contributed by atoms with Crippen LogP contribution in [0.4, 0.5) is 18.9 Å². The fraction of sp³-hybridized carbons (Fsp3) is 0.211. The molecule has 0 spiro atoms. The van der Waals surface area contributed by atoms with Gasteiger partial charge in [-0.1, -0.05) is 35.4 Å². The van der Waals surface area contributed by atoms with Gasteiger partial charge in [-0.05, 0) is 24.3 Å². The van der Waals surface area contributed by atoms with Crippen LogP contribution in [0.2, 0.25) is 0 Å². The van der Waals surface area contributed by atoms with E-state index >= 15 is 0 Å². The normalized spacial score (nSPS) is 13.5. The van der Waals surface area contributed by atoms with E-state index in [1.165, 1.54) is 49.6 Å². The summed E-state index contributed by atoms with van der Waals surface area (Å²) in [6.45, 7) is 0. The van der Waals surface area contributed by atoms with Crippen molar-refractivity contribution in [1.29, 1.82) is 0 Å². The number of carbonyl (C=O) groups is 1. The number of hydrogen-bond donors (Lipinski definition) is 1. The Hall–Kier alpha value is -3.60. The summed E-state index contributed by atoms with van der Waals surface area (Å²) in [6.07, 6.45) is -5.28. The Balaban J connectivity index is 1.91. The Labute approximate surface area is 167 Å². The first kappa shape index (κ1) is 21.1. The third-order valence-corrected chi connectivity index (χ3v) is 4.28. The van der Waals surface area contributed by atoms with Gasteiger partial charge in [0.2, 0.25) is 0 Å². The van der Waals surface area contributed by atoms with Gasteiger partial charge in [0.25, 0.3) is 11.5 Å². The molecule has 0 saturated carbocycles. The van der Waals surface area contributed by atoms with Crippen molar-refractivity contribution in [2.45, 2.75) is 11.8 Å². The number of halogens is 3. The van der Waals surface area contributed by atoms with E-state index in [0.717, 1.165) is 23.9 Å². The predicted octanol–water partition coefficient (Wildman–Crippen LogP) is 2.88. The molecule has 3 rings (SSSR count). The molecule has 1 heterocycles. The first-order chi connectivity index (χ1) is 14.2. The molecule has 1 N–H and O–H groups in total. The summed E-state index contributed by atoms with van der Waals surface area (Å²) in [7, 11) is 2.08. The molecule has 3 aromatic rings. The zero-order valence-electron chi connectivity index (χ0n) is 15.8. The van der Waals surface area contributed by atoms with Gasteiger partial charge in [0.05, 0.1) is 12.8 Å². The van der Waals surface area contributed by atoms with Crippen LogP contribution in [0.3, 0.4) is 0 Å². The van der Waals surface area contributed by atoms with Crippen LogP contribution in [0.5, 0.6) is 6.08 Å². The monoisotopic (exact) mass is 423 g/mol. The van der Waals surface area contributed by atoms with Crippen LogP contribution < -0.4 is 15.8 Å². The van der Waals surface area contributed by atoms with Gasteiger partial charge < -0.3 is 19.2 Å². The second-order valence-electron chi connectivity index (χ2n) is 6.00. The minimum Gasteiger partial charge on any atom is -0.452 e. The lowest BCUT2D eigenvalue weighted by molar-refractivity contribution is -0.263. The summed E-state index contributed by atoms with van der Waals surface area (Å²) in [4.78, 5) is 24.5. The molecule has 1 atom stereocenters. The van der Waals surface area contributed by atoms with Crippen LogP contribution in [0.25, 0.3) is 5.69 Å². The summed E-state index contributed by atoms with van der Waals surface area (Å²) in [5.74, 6) is -2.24. The van der Waals surface area contributed by atoms with Crippen LogP contribution in [-0.4, -0.2) is 36.1 Å². The highest BCUT2D eigenvalue weighted by atomic mass is 19.4. The number of nitrogens with one attached hydrogen (secondary N) is 1. The van der Waals surface area contributed by atoms with Crippen molar-refractivity contribution in [2.24, 2.45) is 0 Å². The van der Waals surface area contributed by atoms with Gasteiger partial charge in [0.1, 0.15) is 0 Å². The number of benzene rings is 2. The van der Waals surface area contributed by atoms with Crippen molar-refractivity contribution in [2.75, 3.05) is 19.5 Å². The lowest BCUT2D eigenvalue weighted by Crippen LogP contribution is -2.53. The van der Waals surface area contributed by atoms with Crippen LogP contribution >= 0.6 is 0 Å². The summed E-state index contributed by atoms with van der Waals surface area (Å²) in [5, 5.41) is 5.98. The highest BCUT2D eigenvalue weighted by Crippen LogP contribution is 2.42. The molecule has 0 radical (unpaired) electrons. The molecule has 0 aliphatic rings. The summed E-state index contributed by atoms with van der Waals surface area (Å²) in [6, 6.07) is 11.9. The Morgan fingerprint density at radius 2 is 1.70 bits per heavy atom. The topological polar surface area (TPSA) is 95.6 Å². The number of carbonyl (C=O) groups excluding carboxylic acids is 1. The minimum atomic E-state index is -5.03. The third kappa shape index (κ3) is 3.66. The van der Waals surface area contributed by atoms with Gasteiger partial charge in [0, 0.05) is 18.4 Å². The molecule has 0 saturated heterocycles. The van der Waals surface area contributed by atoms with Gasteiger partial charge in [-0.3, -0.25) is 4.79 Å². The largest absolute Gasteiger partial charge is 0.452 e. The second kappa shape index (κ2) is 8.03. The van der Waals surface area contributed by atoms with E-state index < -0.39 is 23.4 Å². The predicted molar refractivity (Wildman–Crippen MR) is 98.5 cm³/mol. The maximum atomic E-state index is 13.9. The Morgan fingerprint density at radius 1 is 1.07 bits per heavy atom. The molecule has 8 nitrogen and oxygen atoms in total. The minimum absolute atomic E-state index is 0.0499. The summed E-state index contributed by atoms with van der Waals surface area (Å²) in [5.41, 5.74) is -3.27. The molecule has 158 valence electrons. The standard InChI is InChI=1S/C19H16F3N3O5/c1-28-16-24-25(17(27)30-16)14-10-8-13(9-11-14)23-15(26)18(29-2,19(20,21)22)12-6-4-3-5-7-12/h3-11H,1-2H3,(H,23,26). The molecule has 0 fully saturated rings. The molecule has 0 aliphatic heterocycles. The van der Waals surface area contributed by atoms with Crippen molar-refractivity contribution >= 4 is 11.6 Å². The summed E-state index contributed by atoms with van der Waals surface area (Å²) < 4.78 is 56.8. The molecular weight excluding hydrogens is 407 g/mol. The van der Waals surface area contributed by atoms with E-state index in [-0.39, 0.29) is 23.0 Å². The molecule has 1 aromatic heterocycles. The molecule has 0 bridgehead atoms. The highest BCUT2D eigenvalue weighted by Gasteiger charge is 2.62. The van der Waals surface area contributed by atoms with Crippen LogP contribution in [-0.2, 0) is 15.1 Å². The lowest BCUT2D eigenvalue weighted by atomic mass is 9.91. The average molecular weight is 423 g/mol. The van der Waals surface area contributed by atoms with Crippen LogP contribution in [0, 0.1) is 0 Å². The number of hydrogen-bond acceptors (Lipinski definition) is 6. The number of ether oxygens (including phenoxy) is 2. The SMILES string of the molecule is COc1nn(-c2ccc(NC(=O)C(OC)(c3ccccc3)C(F)(F)F)cc2)c(=O)o1. The van der Waals surface area contributed by atoms with Crippen molar-refractivity contribution < 1.29 is 31.9 Å². The number of nitrogens with zero attached hydrogens (tertiary/aromatic N) is 2. The smallest absolute Gasteiger partial charge is 0.444 e. The zero-order chi connectivity index (χ0) is 21.9. The van der Waals surface area contributed by atoms with Gasteiger partial charge in [-0.2, -0.15) is 17.9 Å². The molecule has 1 unspecified atom stereocenters. The number of amides is 1. The van der Waals surface area contributed by atoms with E-state index in [4.69, 9.17) is 13.9 Å². The van der Waals surface area contributed by atoms with Crippen molar-refractivity contribution in [3.63, 3.8) is 0 Å². The molecule has 0 aliphatic carbocycles. The summed E-state index contributed by atoms with van der Waals surface area (Å²) >= 11 is 0. The Bertz CT molecular complexity index is 1080. The van der Waals surface area contributed by atoms with Crippen LogP contribution in [0.1, 0.15) is 5.56 Å². The first-order valence-electron chi connectivity index (χ1n) is 8.46. The lowest BCUT2D eigenvalue weighted by Gasteiger charge is -2.33. The van der Waals surface area contributed by atoms with Gasteiger partial charge in [0.15, 0.2) is 0 Å². The van der Waals surface area contributed by atoms with Crippen molar-refractivity contribution in [3.05, 3.63) is 70.7 Å². The zero-order valence-corrected chi connectivity index (χ0v) is 15.8. The number of rotatable bonds is 6. The molecule has 1 amide bonds. The fourth-order valence-corrected chi connectivity index (χ4v) is 2.83. The number of aromatic nitrogens is 2. The average Bonchev–Trinajstić information content (AvgIpc) is 3.10. The van der Waals surface area contributed by atoms with E-state index in [9.17, 15) is 22.8 Å². The van der Waals surface area contributed by atoms with Crippen LogP contribution in [0.15, 0.2) is 63.8 Å². The van der Waals surface area contributed by atoms with E-state index in [1.54, 1.807) is 0 Å². The van der Waals surface area contributed by atoms with E-state index in [0.29, 0.717) is 0 Å². The third-order valence-electron chi connectivity index (χ3n) is 4.28. The molecule has 30 heavy (non-hydrogen) atoms. The number of methoxy groups -OCH3 is 2. The molecular formula is C19H16F3N3O5. The van der Waals surface area contributed by atoms with Gasteiger partial charge >= 0.3 is 18.0 Å². The fourth-order valence-electron chi connectivity index (χ4n) is 2.83. The molecule has 11 heteroatoms. The van der Waals surface area contributed by atoms with E-state index in [1.807, 2.05) is 0 Å². The van der Waals surface area contributed by atoms with E-state index in [2.05, 4.69) is 10.4 Å². The Kier molecular flexibility index (Phi) is 5.65. The van der Waals surface area contributed by atoms with Crippen molar-refractivity contribution in [3.8, 4) is 11.8 Å². The first-order valence-corrected chi connectivity index (χ1v) is 8.46. The van der Waals surface area contributed by atoms with Gasteiger partial charge in [-0.15, -0.1) is 0 Å². The maximum absolute atomic E-state index is 13.9. The molecule has 2 aromatic carbocycles. The highest BCUT2D eigenvalue weighted by molar-refractivity contribution is 5.98. The number of anilines is 1. The second-order valence-corrected chi connectivity index (χ2v) is 6.00. The van der Waals surface area contributed by atoms with Crippen molar-refractivity contribution in [1.82, 2.24) is 9.78 Å². The Morgan fingerprint density at radius 3 is 2.20 bits per heavy atom. The maximum Gasteiger partial charge on any atom is 0.444 e. The van der Waals surface area contributed by atoms with Gasteiger partial charge in [-0.25, -0.2) is 4.79 Å². The number of alkyl halides is 3. The quantitative estimate of drug-likeness (QED) is 0.655.